The van der Waals surface area contributed by atoms with Gasteiger partial charge in [-0.15, -0.1) is 0 Å². The molecule has 0 aromatic carbocycles. The van der Waals surface area contributed by atoms with Crippen LogP contribution in [-0.2, 0) is 6.54 Å². The molecule has 70 valence electrons. The van der Waals surface area contributed by atoms with Gasteiger partial charge in [-0.05, 0) is 4.92 Å². The maximum atomic E-state index is 10.4. The Hall–Kier alpha value is -1.76. The highest BCUT2D eigenvalue weighted by Gasteiger charge is 2.18. The number of imidazole rings is 1. The fraction of sp³-hybridized carbons (Fsp3) is 0.333. The number of nitro groups is 1. The average Bonchev–Trinajstić information content (AvgIpc) is 2.48. The lowest BCUT2D eigenvalue weighted by Gasteiger charge is -1.98. The van der Waals surface area contributed by atoms with Gasteiger partial charge in [0, 0.05) is 0 Å². The maximum absolute atomic E-state index is 10.4. The molecule has 13 heavy (non-hydrogen) atoms. The van der Waals surface area contributed by atoms with Crippen LogP contribution in [0.15, 0.2) is 6.20 Å². The van der Waals surface area contributed by atoms with Crippen molar-refractivity contribution in [2.24, 2.45) is 0 Å². The molecule has 1 heterocycles. The standard InChI is InChI=1S/C6H7N3O4/c10-2-1-8-5(4-11)7-3-6(8)9(12)13/h3-4,10H,1-2H2. The van der Waals surface area contributed by atoms with E-state index in [9.17, 15) is 14.9 Å². The molecule has 1 aromatic heterocycles. The fourth-order valence-electron chi connectivity index (χ4n) is 0.949. The molecule has 0 atom stereocenters. The highest BCUT2D eigenvalue weighted by Crippen LogP contribution is 2.12. The molecule has 0 fully saturated rings. The van der Waals surface area contributed by atoms with Crippen LogP contribution in [0.25, 0.3) is 0 Å². The Bertz CT molecular complexity index is 333. The molecule has 0 radical (unpaired) electrons. The third-order valence-electron chi connectivity index (χ3n) is 1.48. The van der Waals surface area contributed by atoms with Gasteiger partial charge in [0.15, 0.2) is 0 Å². The Morgan fingerprint density at radius 2 is 2.46 bits per heavy atom. The van der Waals surface area contributed by atoms with E-state index in [0.29, 0.717) is 6.29 Å². The van der Waals surface area contributed by atoms with Gasteiger partial charge in [0.25, 0.3) is 5.82 Å². The molecule has 1 rings (SSSR count). The summed E-state index contributed by atoms with van der Waals surface area (Å²) in [5, 5.41) is 19.0. The van der Waals surface area contributed by atoms with Crippen molar-refractivity contribution in [2.75, 3.05) is 6.61 Å². The summed E-state index contributed by atoms with van der Waals surface area (Å²) in [6.07, 6.45) is 1.39. The predicted molar refractivity (Wildman–Crippen MR) is 41.4 cm³/mol. The van der Waals surface area contributed by atoms with Crippen LogP contribution >= 0.6 is 0 Å². The van der Waals surface area contributed by atoms with Crippen LogP contribution in [-0.4, -0.2) is 32.5 Å². The van der Waals surface area contributed by atoms with E-state index in [1.807, 2.05) is 0 Å². The van der Waals surface area contributed by atoms with E-state index in [-0.39, 0.29) is 24.8 Å². The molecule has 0 saturated carbocycles. The number of nitrogens with zero attached hydrogens (tertiary/aromatic N) is 3. The van der Waals surface area contributed by atoms with E-state index < -0.39 is 4.92 Å². The normalized spacial score (nSPS) is 9.92. The van der Waals surface area contributed by atoms with Gasteiger partial charge >= 0.3 is 5.82 Å². The van der Waals surface area contributed by atoms with E-state index in [4.69, 9.17) is 5.11 Å². The van der Waals surface area contributed by atoms with Gasteiger partial charge in [-0.1, -0.05) is 0 Å². The van der Waals surface area contributed by atoms with Crippen LogP contribution in [0.1, 0.15) is 10.6 Å². The van der Waals surface area contributed by atoms with Crippen LogP contribution in [0, 0.1) is 10.1 Å². The van der Waals surface area contributed by atoms with Crippen molar-refractivity contribution in [1.29, 1.82) is 0 Å². The Morgan fingerprint density at radius 1 is 1.77 bits per heavy atom. The summed E-state index contributed by atoms with van der Waals surface area (Å²) in [7, 11) is 0. The second-order valence-corrected chi connectivity index (χ2v) is 2.22. The van der Waals surface area contributed by atoms with Crippen molar-refractivity contribution in [3.63, 3.8) is 0 Å². The lowest BCUT2D eigenvalue weighted by Crippen LogP contribution is -2.09. The molecular weight excluding hydrogens is 178 g/mol. The minimum Gasteiger partial charge on any atom is -0.392 e. The van der Waals surface area contributed by atoms with Crippen LogP contribution in [0.5, 0.6) is 0 Å². The minimum absolute atomic E-state index is 0.00954. The largest absolute Gasteiger partial charge is 0.392 e. The highest BCUT2D eigenvalue weighted by molar-refractivity contribution is 5.70. The number of aldehydes is 1. The fourth-order valence-corrected chi connectivity index (χ4v) is 0.949. The molecule has 1 N–H and O–H groups in total. The number of rotatable bonds is 4. The molecule has 0 aliphatic carbocycles. The summed E-state index contributed by atoms with van der Waals surface area (Å²) < 4.78 is 1.05. The Balaban J connectivity index is 3.13. The van der Waals surface area contributed by atoms with E-state index >= 15 is 0 Å². The molecule has 0 amide bonds. The SMILES string of the molecule is O=Cc1ncc([N+](=O)[O-])n1CCO. The number of hydrogen-bond donors (Lipinski definition) is 1. The van der Waals surface area contributed by atoms with Crippen molar-refractivity contribution < 1.29 is 14.8 Å². The smallest absolute Gasteiger partial charge is 0.343 e. The lowest BCUT2D eigenvalue weighted by molar-refractivity contribution is -0.392. The van der Waals surface area contributed by atoms with Gasteiger partial charge in [0.2, 0.25) is 6.29 Å². The summed E-state index contributed by atoms with van der Waals surface area (Å²) in [5.74, 6) is -0.350. The minimum atomic E-state index is -0.657. The zero-order chi connectivity index (χ0) is 9.84. The molecule has 0 saturated heterocycles. The van der Waals surface area contributed by atoms with Gasteiger partial charge in [0.1, 0.15) is 12.7 Å². The zero-order valence-corrected chi connectivity index (χ0v) is 6.58. The second-order valence-electron chi connectivity index (χ2n) is 2.22. The summed E-state index contributed by atoms with van der Waals surface area (Å²) in [4.78, 5) is 23.6. The zero-order valence-electron chi connectivity index (χ0n) is 6.58. The molecule has 0 aliphatic heterocycles. The number of carbonyl (C=O) groups excluding carboxylic acids is 1. The number of aromatic nitrogens is 2. The number of hydrogen-bond acceptors (Lipinski definition) is 5. The van der Waals surface area contributed by atoms with Crippen LogP contribution in [0.2, 0.25) is 0 Å². The molecule has 0 unspecified atom stereocenters. The van der Waals surface area contributed by atoms with Gasteiger partial charge in [-0.25, -0.2) is 9.55 Å². The molecule has 0 bridgehead atoms. The van der Waals surface area contributed by atoms with E-state index in [1.165, 1.54) is 0 Å². The van der Waals surface area contributed by atoms with Crippen molar-refractivity contribution in [3.05, 3.63) is 22.1 Å². The van der Waals surface area contributed by atoms with Crippen LogP contribution in [0.4, 0.5) is 5.82 Å². The summed E-state index contributed by atoms with van der Waals surface area (Å²) in [5.41, 5.74) is 0. The summed E-state index contributed by atoms with van der Waals surface area (Å²) >= 11 is 0. The van der Waals surface area contributed by atoms with Crippen molar-refractivity contribution in [2.45, 2.75) is 6.54 Å². The first-order valence-electron chi connectivity index (χ1n) is 3.46. The van der Waals surface area contributed by atoms with Crippen molar-refractivity contribution in [3.8, 4) is 0 Å². The Morgan fingerprint density at radius 3 is 2.92 bits per heavy atom. The first kappa shape index (κ1) is 9.33. The first-order chi connectivity index (χ1) is 6.20. The van der Waals surface area contributed by atoms with Gasteiger partial charge in [-0.2, -0.15) is 0 Å². The third-order valence-corrected chi connectivity index (χ3v) is 1.48. The first-order valence-corrected chi connectivity index (χ1v) is 3.46. The molecule has 0 spiro atoms. The summed E-state index contributed by atoms with van der Waals surface area (Å²) in [6.45, 7) is -0.289. The quantitative estimate of drug-likeness (QED) is 0.390. The van der Waals surface area contributed by atoms with Crippen LogP contribution in [0.3, 0.4) is 0 Å². The molecule has 0 aliphatic rings. The second kappa shape index (κ2) is 3.76. The van der Waals surface area contributed by atoms with E-state index in [0.717, 1.165) is 10.8 Å². The van der Waals surface area contributed by atoms with E-state index in [1.54, 1.807) is 0 Å². The average molecular weight is 185 g/mol. The maximum Gasteiger partial charge on any atom is 0.343 e. The Labute approximate surface area is 72.8 Å². The molecule has 7 heteroatoms. The third kappa shape index (κ3) is 1.70. The molecule has 7 nitrogen and oxygen atoms in total. The number of aliphatic hydroxyl groups is 1. The van der Waals surface area contributed by atoms with Crippen molar-refractivity contribution >= 4 is 12.1 Å². The number of aliphatic hydroxyl groups excluding tert-OH is 1. The molecular formula is C6H7N3O4. The van der Waals surface area contributed by atoms with Crippen LogP contribution < -0.4 is 0 Å². The topological polar surface area (TPSA) is 98.3 Å². The number of carbonyl (C=O) groups is 1. The van der Waals surface area contributed by atoms with E-state index in [2.05, 4.69) is 4.98 Å². The summed E-state index contributed by atoms with van der Waals surface area (Å²) in [6, 6.07) is 0. The monoisotopic (exact) mass is 185 g/mol. The van der Waals surface area contributed by atoms with Gasteiger partial charge in [0.05, 0.1) is 6.61 Å². The Kier molecular flexibility index (Phi) is 2.70. The van der Waals surface area contributed by atoms with Crippen molar-refractivity contribution in [1.82, 2.24) is 9.55 Å². The highest BCUT2D eigenvalue weighted by atomic mass is 16.6. The molecule has 1 aromatic rings. The lowest BCUT2D eigenvalue weighted by atomic mass is 10.6. The van der Waals surface area contributed by atoms with Gasteiger partial charge in [-0.3, -0.25) is 4.79 Å². The predicted octanol–water partition coefficient (Wildman–Crippen LogP) is -0.404. The van der Waals surface area contributed by atoms with Gasteiger partial charge < -0.3 is 15.2 Å².